The molecule has 2 aliphatic rings. The average molecular weight is 303 g/mol. The van der Waals surface area contributed by atoms with Gasteiger partial charge in [0.15, 0.2) is 0 Å². The highest BCUT2D eigenvalue weighted by Gasteiger charge is 2.39. The summed E-state index contributed by atoms with van der Waals surface area (Å²) in [5, 5.41) is 6.39. The van der Waals surface area contributed by atoms with E-state index in [1.165, 1.54) is 0 Å². The molecule has 5 nitrogen and oxygen atoms in total. The second kappa shape index (κ2) is 6.57. The Labute approximate surface area is 132 Å². The van der Waals surface area contributed by atoms with Crippen LogP contribution in [-0.4, -0.2) is 43.2 Å². The molecule has 1 aromatic rings. The van der Waals surface area contributed by atoms with Gasteiger partial charge in [-0.15, -0.1) is 0 Å². The van der Waals surface area contributed by atoms with Gasteiger partial charge >= 0.3 is 6.03 Å². The molecule has 2 heterocycles. The number of hydrogen-bond acceptors (Lipinski definition) is 3. The van der Waals surface area contributed by atoms with Gasteiger partial charge in [0.05, 0.1) is 12.3 Å². The van der Waals surface area contributed by atoms with E-state index in [4.69, 9.17) is 4.74 Å². The molecule has 0 aromatic heterocycles. The van der Waals surface area contributed by atoms with Crippen molar-refractivity contribution in [1.82, 2.24) is 10.2 Å². The molecule has 2 amide bonds. The number of likely N-dealkylation sites (tertiary alicyclic amines) is 1. The fraction of sp³-hybridized carbons (Fsp3) is 0.588. The smallest absolute Gasteiger partial charge is 0.322 e. The highest BCUT2D eigenvalue weighted by molar-refractivity contribution is 5.91. The van der Waals surface area contributed by atoms with E-state index in [9.17, 15) is 4.79 Å². The van der Waals surface area contributed by atoms with Crippen LogP contribution >= 0.6 is 0 Å². The lowest BCUT2D eigenvalue weighted by Crippen LogP contribution is -2.41. The van der Waals surface area contributed by atoms with Gasteiger partial charge in [0.25, 0.3) is 0 Å². The fourth-order valence-electron chi connectivity index (χ4n) is 3.24. The number of nitrogens with zero attached hydrogens (tertiary/aromatic N) is 1. The molecule has 2 aliphatic heterocycles. The summed E-state index contributed by atoms with van der Waals surface area (Å²) in [5.41, 5.74) is 0.752. The molecular weight excluding hydrogens is 278 g/mol. The van der Waals surface area contributed by atoms with Crippen molar-refractivity contribution in [3.63, 3.8) is 0 Å². The Kier molecular flexibility index (Phi) is 4.52. The van der Waals surface area contributed by atoms with Crippen LogP contribution in [0, 0.1) is 11.8 Å². The predicted molar refractivity (Wildman–Crippen MR) is 87.3 cm³/mol. The molecule has 0 radical (unpaired) electrons. The van der Waals surface area contributed by atoms with E-state index in [0.29, 0.717) is 24.5 Å². The molecule has 0 spiro atoms. The van der Waals surface area contributed by atoms with E-state index in [1.807, 2.05) is 29.2 Å². The number of urea groups is 1. The van der Waals surface area contributed by atoms with Gasteiger partial charge in [-0.1, -0.05) is 26.0 Å². The van der Waals surface area contributed by atoms with Gasteiger partial charge in [-0.05, 0) is 30.4 Å². The third-order valence-corrected chi connectivity index (χ3v) is 4.41. The Bertz CT molecular complexity index is 532. The summed E-state index contributed by atoms with van der Waals surface area (Å²) in [6.45, 7) is 7.65. The zero-order valence-corrected chi connectivity index (χ0v) is 13.3. The van der Waals surface area contributed by atoms with E-state index >= 15 is 0 Å². The van der Waals surface area contributed by atoms with Crippen molar-refractivity contribution in [2.45, 2.75) is 26.3 Å². The van der Waals surface area contributed by atoms with Crippen molar-refractivity contribution in [2.24, 2.45) is 11.8 Å². The van der Waals surface area contributed by atoms with Gasteiger partial charge in [-0.25, -0.2) is 4.79 Å². The monoisotopic (exact) mass is 303 g/mol. The van der Waals surface area contributed by atoms with E-state index in [0.717, 1.165) is 37.5 Å². The first kappa shape index (κ1) is 15.2. The van der Waals surface area contributed by atoms with Crippen LogP contribution in [0.25, 0.3) is 0 Å². The number of para-hydroxylation sites is 2. The largest absolute Gasteiger partial charge is 0.491 e. The summed E-state index contributed by atoms with van der Waals surface area (Å²) in [4.78, 5) is 14.5. The molecule has 0 saturated carbocycles. The van der Waals surface area contributed by atoms with Crippen LogP contribution in [-0.2, 0) is 0 Å². The number of ether oxygens (including phenoxy) is 1. The number of nitrogens with one attached hydrogen (secondary N) is 2. The summed E-state index contributed by atoms with van der Waals surface area (Å²) in [5.74, 6) is 1.80. The molecule has 2 fully saturated rings. The molecule has 2 saturated heterocycles. The molecule has 22 heavy (non-hydrogen) atoms. The lowest BCUT2D eigenvalue weighted by molar-refractivity contribution is 0.206. The normalized spacial score (nSPS) is 23.7. The topological polar surface area (TPSA) is 53.6 Å². The van der Waals surface area contributed by atoms with E-state index in [2.05, 4.69) is 24.5 Å². The van der Waals surface area contributed by atoms with Gasteiger partial charge in [0.1, 0.15) is 5.75 Å². The predicted octanol–water partition coefficient (Wildman–Crippen LogP) is 2.55. The zero-order valence-electron chi connectivity index (χ0n) is 13.3. The lowest BCUT2D eigenvalue weighted by Gasteiger charge is -2.24. The third-order valence-electron chi connectivity index (χ3n) is 4.41. The van der Waals surface area contributed by atoms with Gasteiger partial charge in [-0.2, -0.15) is 0 Å². The second-order valence-electron chi connectivity index (χ2n) is 6.60. The lowest BCUT2D eigenvalue weighted by atomic mass is 10.1. The van der Waals surface area contributed by atoms with Gasteiger partial charge in [0, 0.05) is 25.7 Å². The van der Waals surface area contributed by atoms with Gasteiger partial charge in [-0.3, -0.25) is 0 Å². The van der Waals surface area contributed by atoms with Crippen molar-refractivity contribution in [2.75, 3.05) is 31.6 Å². The Morgan fingerprint density at radius 3 is 3.05 bits per heavy atom. The van der Waals surface area contributed by atoms with E-state index in [1.54, 1.807) is 0 Å². The first-order valence-electron chi connectivity index (χ1n) is 8.15. The average Bonchev–Trinajstić information content (AvgIpc) is 3.08. The number of benzene rings is 1. The zero-order chi connectivity index (χ0) is 15.5. The van der Waals surface area contributed by atoms with E-state index in [-0.39, 0.29) is 6.03 Å². The van der Waals surface area contributed by atoms with Crippen LogP contribution in [0.1, 0.15) is 20.3 Å². The first-order chi connectivity index (χ1) is 10.6. The Morgan fingerprint density at radius 1 is 1.41 bits per heavy atom. The van der Waals surface area contributed by atoms with Crippen LogP contribution in [0.2, 0.25) is 0 Å². The number of carbonyl (C=O) groups excluding carboxylic acids is 1. The SMILES string of the molecule is CC(C)COc1ccccc1NC(=O)N1CC[C@H]2CNC[C@H]21. The Morgan fingerprint density at radius 2 is 2.23 bits per heavy atom. The van der Waals surface area contributed by atoms with E-state index < -0.39 is 0 Å². The minimum Gasteiger partial charge on any atom is -0.491 e. The van der Waals surface area contributed by atoms with Gasteiger partial charge < -0.3 is 20.3 Å². The summed E-state index contributed by atoms with van der Waals surface area (Å²) in [7, 11) is 0. The molecule has 5 heteroatoms. The molecule has 1 aromatic carbocycles. The van der Waals surface area contributed by atoms with Crippen LogP contribution in [0.15, 0.2) is 24.3 Å². The summed E-state index contributed by atoms with van der Waals surface area (Å²) in [6.07, 6.45) is 1.09. The van der Waals surface area contributed by atoms with Crippen LogP contribution in [0.4, 0.5) is 10.5 Å². The molecule has 0 bridgehead atoms. The second-order valence-corrected chi connectivity index (χ2v) is 6.60. The minimum absolute atomic E-state index is 0.0169. The number of amides is 2. The third kappa shape index (κ3) is 3.19. The Hall–Kier alpha value is -1.75. The highest BCUT2D eigenvalue weighted by Crippen LogP contribution is 2.29. The summed E-state index contributed by atoms with van der Waals surface area (Å²) >= 11 is 0. The van der Waals surface area contributed by atoms with Crippen molar-refractivity contribution >= 4 is 11.7 Å². The van der Waals surface area contributed by atoms with Crippen molar-refractivity contribution < 1.29 is 9.53 Å². The molecule has 2 N–H and O–H groups in total. The summed E-state index contributed by atoms with van der Waals surface area (Å²) in [6, 6.07) is 7.97. The molecule has 0 aliphatic carbocycles. The van der Waals surface area contributed by atoms with Crippen LogP contribution < -0.4 is 15.4 Å². The number of rotatable bonds is 4. The molecule has 0 unspecified atom stereocenters. The maximum Gasteiger partial charge on any atom is 0.322 e. The Balaban J connectivity index is 1.66. The van der Waals surface area contributed by atoms with Gasteiger partial charge in [0.2, 0.25) is 0 Å². The fourth-order valence-corrected chi connectivity index (χ4v) is 3.24. The molecule has 120 valence electrons. The maximum absolute atomic E-state index is 12.6. The molecular formula is C17H25N3O2. The highest BCUT2D eigenvalue weighted by atomic mass is 16.5. The van der Waals surface area contributed by atoms with Crippen LogP contribution in [0.3, 0.4) is 0 Å². The maximum atomic E-state index is 12.6. The number of fused-ring (bicyclic) bond motifs is 1. The van der Waals surface area contributed by atoms with Crippen molar-refractivity contribution in [3.05, 3.63) is 24.3 Å². The standard InChI is InChI=1S/C17H25N3O2/c1-12(2)11-22-16-6-4-3-5-14(16)19-17(21)20-8-7-13-9-18-10-15(13)20/h3-6,12-13,15,18H,7-11H2,1-2H3,(H,19,21)/t13-,15+/m0/s1. The minimum atomic E-state index is -0.0169. The number of carbonyl (C=O) groups is 1. The first-order valence-corrected chi connectivity index (χ1v) is 8.15. The number of hydrogen-bond donors (Lipinski definition) is 2. The quantitative estimate of drug-likeness (QED) is 0.899. The van der Waals surface area contributed by atoms with Crippen molar-refractivity contribution in [3.8, 4) is 5.75 Å². The van der Waals surface area contributed by atoms with Crippen molar-refractivity contribution in [1.29, 1.82) is 0 Å². The van der Waals surface area contributed by atoms with Crippen LogP contribution in [0.5, 0.6) is 5.75 Å². The summed E-state index contributed by atoms with van der Waals surface area (Å²) < 4.78 is 5.80. The molecule has 3 rings (SSSR count). The number of anilines is 1. The molecule has 2 atom stereocenters.